The number of benzene rings is 1. The Labute approximate surface area is 158 Å². The van der Waals surface area contributed by atoms with E-state index in [1.165, 1.54) is 4.88 Å². The topological polar surface area (TPSA) is 67.1 Å². The van der Waals surface area contributed by atoms with E-state index in [1.807, 2.05) is 46.2 Å². The van der Waals surface area contributed by atoms with Gasteiger partial charge in [-0.3, -0.25) is 9.56 Å². The van der Waals surface area contributed by atoms with Crippen LogP contribution in [0.3, 0.4) is 0 Å². The van der Waals surface area contributed by atoms with Gasteiger partial charge >= 0.3 is 0 Å². The third kappa shape index (κ3) is 4.92. The zero-order chi connectivity index (χ0) is 18.2. The maximum Gasteiger partial charge on any atom is 0.191 e. The fourth-order valence-corrected chi connectivity index (χ4v) is 3.55. The predicted molar refractivity (Wildman–Crippen MR) is 107 cm³/mol. The molecule has 2 N–H and O–H groups in total. The molecule has 1 aromatic carbocycles. The summed E-state index contributed by atoms with van der Waals surface area (Å²) in [6, 6.07) is 14.4. The SMILES string of the molecule is CN=C(NCc1nncn1-c1ccccc1)NCC(C)Cc1cccs1. The maximum absolute atomic E-state index is 4.30. The van der Waals surface area contributed by atoms with Gasteiger partial charge in [-0.15, -0.1) is 21.5 Å². The zero-order valence-corrected chi connectivity index (χ0v) is 15.9. The highest BCUT2D eigenvalue weighted by atomic mass is 32.1. The highest BCUT2D eigenvalue weighted by molar-refractivity contribution is 7.09. The minimum atomic E-state index is 0.528. The van der Waals surface area contributed by atoms with Gasteiger partial charge in [-0.1, -0.05) is 31.2 Å². The highest BCUT2D eigenvalue weighted by Crippen LogP contribution is 2.13. The molecule has 0 radical (unpaired) electrons. The first-order valence-corrected chi connectivity index (χ1v) is 9.55. The first kappa shape index (κ1) is 18.1. The molecule has 0 spiro atoms. The van der Waals surface area contributed by atoms with Crippen molar-refractivity contribution in [3.05, 3.63) is 64.9 Å². The molecule has 2 heterocycles. The van der Waals surface area contributed by atoms with E-state index in [4.69, 9.17) is 0 Å². The lowest BCUT2D eigenvalue weighted by Gasteiger charge is -2.15. The van der Waals surface area contributed by atoms with Gasteiger partial charge in [-0.25, -0.2) is 0 Å². The van der Waals surface area contributed by atoms with Crippen molar-refractivity contribution in [2.75, 3.05) is 13.6 Å². The van der Waals surface area contributed by atoms with Crippen LogP contribution in [0.5, 0.6) is 0 Å². The predicted octanol–water partition coefficient (Wildman–Crippen LogP) is 2.87. The normalized spacial score (nSPS) is 12.8. The molecule has 0 bridgehead atoms. The number of nitrogens with zero attached hydrogens (tertiary/aromatic N) is 4. The fraction of sp³-hybridized carbons (Fsp3) is 0.316. The Morgan fingerprint density at radius 2 is 2.04 bits per heavy atom. The molecule has 0 fully saturated rings. The van der Waals surface area contributed by atoms with Crippen molar-refractivity contribution in [3.8, 4) is 5.69 Å². The third-order valence-electron chi connectivity index (χ3n) is 4.04. The van der Waals surface area contributed by atoms with E-state index in [0.717, 1.165) is 30.4 Å². The van der Waals surface area contributed by atoms with Gasteiger partial charge in [0.15, 0.2) is 11.8 Å². The van der Waals surface area contributed by atoms with Crippen LogP contribution in [0, 0.1) is 5.92 Å². The smallest absolute Gasteiger partial charge is 0.191 e. The lowest BCUT2D eigenvalue weighted by atomic mass is 10.1. The van der Waals surface area contributed by atoms with Crippen LogP contribution in [0.15, 0.2) is 59.2 Å². The number of hydrogen-bond donors (Lipinski definition) is 2. The lowest BCUT2D eigenvalue weighted by Crippen LogP contribution is -2.39. The largest absolute Gasteiger partial charge is 0.356 e. The standard InChI is InChI=1S/C19H24N6S/c1-15(11-17-9-6-10-26-17)12-21-19(20-2)22-13-18-24-23-14-25(18)16-7-4-3-5-8-16/h3-10,14-15H,11-13H2,1-2H3,(H2,20,21,22). The molecule has 3 rings (SSSR count). The Kier molecular flexibility index (Phi) is 6.38. The van der Waals surface area contributed by atoms with E-state index < -0.39 is 0 Å². The number of nitrogens with one attached hydrogen (secondary N) is 2. The molecule has 2 aromatic heterocycles. The Hall–Kier alpha value is -2.67. The summed E-state index contributed by atoms with van der Waals surface area (Å²) >= 11 is 1.81. The van der Waals surface area contributed by atoms with Crippen LogP contribution in [0.4, 0.5) is 0 Å². The van der Waals surface area contributed by atoms with Crippen molar-refractivity contribution in [2.24, 2.45) is 10.9 Å². The molecule has 6 nitrogen and oxygen atoms in total. The van der Waals surface area contributed by atoms with Crippen molar-refractivity contribution >= 4 is 17.3 Å². The van der Waals surface area contributed by atoms with Crippen LogP contribution < -0.4 is 10.6 Å². The van der Waals surface area contributed by atoms with Crippen molar-refractivity contribution in [2.45, 2.75) is 19.9 Å². The Balaban J connectivity index is 1.51. The summed E-state index contributed by atoms with van der Waals surface area (Å²) in [5.41, 5.74) is 1.04. The molecule has 3 aromatic rings. The van der Waals surface area contributed by atoms with Gasteiger partial charge in [-0.2, -0.15) is 0 Å². The molecule has 7 heteroatoms. The summed E-state index contributed by atoms with van der Waals surface area (Å²) in [7, 11) is 1.78. The molecule has 0 aliphatic rings. The second-order valence-electron chi connectivity index (χ2n) is 6.15. The molecule has 1 unspecified atom stereocenters. The molecular weight excluding hydrogens is 344 g/mol. The number of aromatic nitrogens is 3. The number of aliphatic imine (C=N–C) groups is 1. The minimum Gasteiger partial charge on any atom is -0.356 e. The van der Waals surface area contributed by atoms with Crippen molar-refractivity contribution in [1.29, 1.82) is 0 Å². The first-order chi connectivity index (χ1) is 12.8. The van der Waals surface area contributed by atoms with Gasteiger partial charge in [0.2, 0.25) is 0 Å². The average molecular weight is 369 g/mol. The monoisotopic (exact) mass is 368 g/mol. The molecule has 0 aliphatic heterocycles. The van der Waals surface area contributed by atoms with E-state index in [1.54, 1.807) is 13.4 Å². The van der Waals surface area contributed by atoms with Gasteiger partial charge in [0.1, 0.15) is 6.33 Å². The van der Waals surface area contributed by atoms with Gasteiger partial charge in [0.25, 0.3) is 0 Å². The van der Waals surface area contributed by atoms with E-state index in [2.05, 4.69) is 50.3 Å². The summed E-state index contributed by atoms with van der Waals surface area (Å²) in [6.45, 7) is 3.66. The second-order valence-corrected chi connectivity index (χ2v) is 7.18. The van der Waals surface area contributed by atoms with E-state index in [0.29, 0.717) is 12.5 Å². The van der Waals surface area contributed by atoms with Crippen LogP contribution >= 0.6 is 11.3 Å². The Bertz CT molecular complexity index is 810. The number of para-hydroxylation sites is 1. The van der Waals surface area contributed by atoms with Gasteiger partial charge in [-0.05, 0) is 35.9 Å². The first-order valence-electron chi connectivity index (χ1n) is 8.67. The van der Waals surface area contributed by atoms with Gasteiger partial charge in [0.05, 0.1) is 6.54 Å². The molecule has 136 valence electrons. The third-order valence-corrected chi connectivity index (χ3v) is 4.94. The molecular formula is C19H24N6S. The minimum absolute atomic E-state index is 0.528. The average Bonchev–Trinajstić information content (AvgIpc) is 3.34. The number of thiophene rings is 1. The zero-order valence-electron chi connectivity index (χ0n) is 15.1. The van der Waals surface area contributed by atoms with Crippen LogP contribution in [-0.4, -0.2) is 34.3 Å². The fourth-order valence-electron chi connectivity index (χ4n) is 2.68. The number of hydrogen-bond acceptors (Lipinski definition) is 4. The molecule has 0 saturated carbocycles. The molecule has 26 heavy (non-hydrogen) atoms. The number of rotatable bonds is 7. The van der Waals surface area contributed by atoms with E-state index in [9.17, 15) is 0 Å². The van der Waals surface area contributed by atoms with E-state index in [-0.39, 0.29) is 0 Å². The Morgan fingerprint density at radius 1 is 1.19 bits per heavy atom. The summed E-state index contributed by atoms with van der Waals surface area (Å²) < 4.78 is 1.97. The summed E-state index contributed by atoms with van der Waals surface area (Å²) in [6.07, 6.45) is 2.80. The van der Waals surface area contributed by atoms with Crippen molar-refractivity contribution in [1.82, 2.24) is 25.4 Å². The maximum atomic E-state index is 4.30. The number of guanidine groups is 1. The lowest BCUT2D eigenvalue weighted by molar-refractivity contribution is 0.561. The Morgan fingerprint density at radius 3 is 2.77 bits per heavy atom. The van der Waals surface area contributed by atoms with Crippen LogP contribution in [0.25, 0.3) is 5.69 Å². The summed E-state index contributed by atoms with van der Waals surface area (Å²) in [5, 5.41) is 17.1. The summed E-state index contributed by atoms with van der Waals surface area (Å²) in [4.78, 5) is 5.71. The van der Waals surface area contributed by atoms with Crippen LogP contribution in [0.2, 0.25) is 0 Å². The quantitative estimate of drug-likeness (QED) is 0.497. The molecule has 0 aliphatic carbocycles. The van der Waals surface area contributed by atoms with Gasteiger partial charge < -0.3 is 10.6 Å². The highest BCUT2D eigenvalue weighted by Gasteiger charge is 2.09. The van der Waals surface area contributed by atoms with Crippen molar-refractivity contribution in [3.63, 3.8) is 0 Å². The van der Waals surface area contributed by atoms with Gasteiger partial charge in [0, 0.05) is 24.2 Å². The summed E-state index contributed by atoms with van der Waals surface area (Å²) in [5.74, 6) is 2.14. The molecule has 0 amide bonds. The van der Waals surface area contributed by atoms with Crippen LogP contribution in [0.1, 0.15) is 17.6 Å². The van der Waals surface area contributed by atoms with Crippen LogP contribution in [-0.2, 0) is 13.0 Å². The van der Waals surface area contributed by atoms with E-state index >= 15 is 0 Å². The van der Waals surface area contributed by atoms with Crippen molar-refractivity contribution < 1.29 is 0 Å². The molecule has 0 saturated heterocycles. The second kappa shape index (κ2) is 9.15. The molecule has 1 atom stereocenters.